The first-order valence-electron chi connectivity index (χ1n) is 8.57. The largest absolute Gasteiger partial charge is 0.495 e. The minimum atomic E-state index is -0.379. The molecule has 3 rings (SSSR count). The summed E-state index contributed by atoms with van der Waals surface area (Å²) >= 11 is 6.04. The first-order valence-corrected chi connectivity index (χ1v) is 8.95. The Bertz CT molecular complexity index is 981. The number of methoxy groups -OCH3 is 1. The molecule has 2 N–H and O–H groups in total. The predicted molar refractivity (Wildman–Crippen MR) is 109 cm³/mol. The summed E-state index contributed by atoms with van der Waals surface area (Å²) in [5.74, 6) is 1.03. The van der Waals surface area contributed by atoms with Crippen molar-refractivity contribution in [3.63, 3.8) is 0 Å². The van der Waals surface area contributed by atoms with Crippen molar-refractivity contribution in [3.8, 4) is 11.5 Å². The summed E-state index contributed by atoms with van der Waals surface area (Å²) in [7, 11) is 1.55. The number of hydrogen-bond acceptors (Lipinski definition) is 6. The van der Waals surface area contributed by atoms with Crippen molar-refractivity contribution in [2.45, 2.75) is 6.92 Å². The molecule has 0 saturated heterocycles. The molecule has 0 atom stereocenters. The highest BCUT2D eigenvalue weighted by molar-refractivity contribution is 6.31. The number of nitrogens with zero attached hydrogens (tertiary/aromatic N) is 2. The summed E-state index contributed by atoms with van der Waals surface area (Å²) in [4.78, 5) is 21.0. The van der Waals surface area contributed by atoms with Gasteiger partial charge in [-0.05, 0) is 43.3 Å². The van der Waals surface area contributed by atoms with Crippen molar-refractivity contribution in [2.75, 3.05) is 24.4 Å². The highest BCUT2D eigenvalue weighted by atomic mass is 35.5. The van der Waals surface area contributed by atoms with Gasteiger partial charge in [0.05, 0.1) is 25.1 Å². The van der Waals surface area contributed by atoms with Crippen molar-refractivity contribution >= 4 is 34.8 Å². The van der Waals surface area contributed by atoms with Gasteiger partial charge in [0.25, 0.3) is 5.91 Å². The zero-order chi connectivity index (χ0) is 19.9. The molecule has 3 aromatic rings. The van der Waals surface area contributed by atoms with Crippen LogP contribution in [0.25, 0.3) is 0 Å². The van der Waals surface area contributed by atoms with E-state index in [-0.39, 0.29) is 17.5 Å². The Balaban J connectivity index is 1.80. The Morgan fingerprint density at radius 3 is 2.71 bits per heavy atom. The summed E-state index contributed by atoms with van der Waals surface area (Å²) in [6.45, 7) is 2.38. The van der Waals surface area contributed by atoms with Crippen LogP contribution in [0.4, 0.5) is 17.3 Å². The Labute approximate surface area is 167 Å². The van der Waals surface area contributed by atoms with E-state index in [1.807, 2.05) is 19.1 Å². The Morgan fingerprint density at radius 1 is 1.11 bits per heavy atom. The highest BCUT2D eigenvalue weighted by Gasteiger charge is 2.13. The average Bonchev–Trinajstić information content (AvgIpc) is 2.70. The van der Waals surface area contributed by atoms with Gasteiger partial charge in [-0.1, -0.05) is 23.7 Å². The molecular weight excluding hydrogens is 380 g/mol. The molecule has 144 valence electrons. The van der Waals surface area contributed by atoms with Crippen LogP contribution in [0.1, 0.15) is 17.4 Å². The number of hydrogen-bond donors (Lipinski definition) is 2. The van der Waals surface area contributed by atoms with Crippen LogP contribution in [0.5, 0.6) is 11.5 Å². The number of halogens is 1. The maximum Gasteiger partial charge on any atom is 0.274 e. The Morgan fingerprint density at radius 2 is 1.93 bits per heavy atom. The van der Waals surface area contributed by atoms with Crippen molar-refractivity contribution in [3.05, 3.63) is 65.4 Å². The van der Waals surface area contributed by atoms with E-state index in [9.17, 15) is 4.79 Å². The van der Waals surface area contributed by atoms with Crippen LogP contribution in [-0.4, -0.2) is 29.6 Å². The van der Waals surface area contributed by atoms with Gasteiger partial charge < -0.3 is 20.1 Å². The van der Waals surface area contributed by atoms with E-state index in [0.29, 0.717) is 34.5 Å². The normalized spacial score (nSPS) is 10.2. The van der Waals surface area contributed by atoms with Crippen molar-refractivity contribution in [1.29, 1.82) is 0 Å². The Kier molecular flexibility index (Phi) is 6.29. The fourth-order valence-corrected chi connectivity index (χ4v) is 2.65. The quantitative estimate of drug-likeness (QED) is 0.608. The van der Waals surface area contributed by atoms with E-state index < -0.39 is 0 Å². The molecule has 1 amide bonds. The third kappa shape index (κ3) is 4.69. The highest BCUT2D eigenvalue weighted by Crippen LogP contribution is 2.29. The standard InChI is InChI=1S/C20H19ClN4O3/c1-3-28-18-7-5-4-6-14(18)23-19(26)15-10-11-22-20(24-15)25-16-12-13(21)8-9-17(16)27-2/h4-12H,3H2,1-2H3,(H,23,26)(H,22,24,25). The van der Waals surface area contributed by atoms with Gasteiger partial charge in [0.1, 0.15) is 17.2 Å². The molecule has 28 heavy (non-hydrogen) atoms. The zero-order valence-corrected chi connectivity index (χ0v) is 16.2. The molecule has 8 heteroatoms. The maximum atomic E-state index is 12.6. The lowest BCUT2D eigenvalue weighted by Crippen LogP contribution is -2.15. The van der Waals surface area contributed by atoms with Crippen LogP contribution in [0.15, 0.2) is 54.7 Å². The van der Waals surface area contributed by atoms with Crippen molar-refractivity contribution in [2.24, 2.45) is 0 Å². The van der Waals surface area contributed by atoms with Crippen LogP contribution in [-0.2, 0) is 0 Å². The minimum Gasteiger partial charge on any atom is -0.495 e. The van der Waals surface area contributed by atoms with Gasteiger partial charge in [0, 0.05) is 11.2 Å². The number of carbonyl (C=O) groups is 1. The molecule has 1 heterocycles. The number of aromatic nitrogens is 2. The van der Waals surface area contributed by atoms with Crippen LogP contribution in [0.3, 0.4) is 0 Å². The van der Waals surface area contributed by atoms with Crippen LogP contribution < -0.4 is 20.1 Å². The summed E-state index contributed by atoms with van der Waals surface area (Å²) < 4.78 is 10.8. The van der Waals surface area contributed by atoms with Crippen LogP contribution in [0.2, 0.25) is 5.02 Å². The van der Waals surface area contributed by atoms with Gasteiger partial charge in [-0.25, -0.2) is 9.97 Å². The summed E-state index contributed by atoms with van der Waals surface area (Å²) in [6, 6.07) is 13.9. The molecule has 0 spiro atoms. The molecule has 0 bridgehead atoms. The van der Waals surface area contributed by atoms with Gasteiger partial charge >= 0.3 is 0 Å². The maximum absolute atomic E-state index is 12.6. The number of carbonyl (C=O) groups excluding carboxylic acids is 1. The van der Waals surface area contributed by atoms with Gasteiger partial charge in [0.2, 0.25) is 5.95 Å². The van der Waals surface area contributed by atoms with E-state index in [1.54, 1.807) is 37.4 Å². The first kappa shape index (κ1) is 19.4. The van der Waals surface area contributed by atoms with E-state index in [0.717, 1.165) is 0 Å². The molecule has 0 aliphatic carbocycles. The number of nitrogens with one attached hydrogen (secondary N) is 2. The molecule has 0 unspecified atom stereocenters. The minimum absolute atomic E-state index is 0.199. The second-order valence-corrected chi connectivity index (χ2v) is 6.05. The molecule has 7 nitrogen and oxygen atoms in total. The van der Waals surface area contributed by atoms with Gasteiger partial charge in [0.15, 0.2) is 0 Å². The van der Waals surface area contributed by atoms with Gasteiger partial charge in [-0.3, -0.25) is 4.79 Å². The zero-order valence-electron chi connectivity index (χ0n) is 15.4. The number of para-hydroxylation sites is 2. The lowest BCUT2D eigenvalue weighted by molar-refractivity contribution is 0.102. The fraction of sp³-hybridized carbons (Fsp3) is 0.150. The van der Waals surface area contributed by atoms with Gasteiger partial charge in [-0.2, -0.15) is 0 Å². The number of anilines is 3. The Hall–Kier alpha value is -3.32. The molecule has 2 aromatic carbocycles. The molecule has 0 aliphatic heterocycles. The average molecular weight is 399 g/mol. The monoisotopic (exact) mass is 398 g/mol. The number of rotatable bonds is 7. The lowest BCUT2D eigenvalue weighted by atomic mass is 10.2. The van der Waals surface area contributed by atoms with E-state index in [2.05, 4.69) is 20.6 Å². The smallest absolute Gasteiger partial charge is 0.274 e. The lowest BCUT2D eigenvalue weighted by Gasteiger charge is -2.12. The first-order chi connectivity index (χ1) is 13.6. The third-order valence-electron chi connectivity index (χ3n) is 3.73. The van der Waals surface area contributed by atoms with Crippen LogP contribution in [0, 0.1) is 0 Å². The van der Waals surface area contributed by atoms with E-state index in [4.69, 9.17) is 21.1 Å². The number of benzene rings is 2. The molecule has 1 aromatic heterocycles. The van der Waals surface area contributed by atoms with E-state index in [1.165, 1.54) is 12.3 Å². The summed E-state index contributed by atoms with van der Waals surface area (Å²) in [5.41, 5.74) is 1.36. The van der Waals surface area contributed by atoms with Gasteiger partial charge in [-0.15, -0.1) is 0 Å². The second-order valence-electron chi connectivity index (χ2n) is 5.62. The molecule has 0 aliphatic rings. The predicted octanol–water partition coefficient (Wildman–Crippen LogP) is 4.53. The topological polar surface area (TPSA) is 85.4 Å². The van der Waals surface area contributed by atoms with Crippen LogP contribution >= 0.6 is 11.6 Å². The number of amides is 1. The fourth-order valence-electron chi connectivity index (χ4n) is 2.48. The SMILES string of the molecule is CCOc1ccccc1NC(=O)c1ccnc(Nc2cc(Cl)ccc2OC)n1. The van der Waals surface area contributed by atoms with E-state index >= 15 is 0 Å². The molecule has 0 radical (unpaired) electrons. The van der Waals surface area contributed by atoms with Crippen molar-refractivity contribution in [1.82, 2.24) is 9.97 Å². The summed E-state index contributed by atoms with van der Waals surface area (Å²) in [5, 5.41) is 6.36. The van der Waals surface area contributed by atoms with Crippen molar-refractivity contribution < 1.29 is 14.3 Å². The molecule has 0 saturated carbocycles. The molecule has 0 fully saturated rings. The third-order valence-corrected chi connectivity index (χ3v) is 3.97. The molecular formula is C20H19ClN4O3. The number of ether oxygens (including phenoxy) is 2. The summed E-state index contributed by atoms with van der Waals surface area (Å²) in [6.07, 6.45) is 1.50. The second kappa shape index (κ2) is 9.05.